The highest BCUT2D eigenvalue weighted by atomic mass is 16.3. The lowest BCUT2D eigenvalue weighted by Gasteiger charge is -2.28. The van der Waals surface area contributed by atoms with Crippen molar-refractivity contribution in [2.45, 2.75) is 105 Å². The van der Waals surface area contributed by atoms with Crippen molar-refractivity contribution < 1.29 is 4.42 Å². The SMILES string of the molecule is Cc1cc(C)cc(-c2ccc3c(c2)C(C)(C)c2cc(-n4c5ccccc5c5cc(-c6ccc(N(c7ccc(-c8ccc9oc%10ccccc%10c9c8)cc7)c7ccc8c(c7)C(C)(C)c7ccccc7-8)cc6)ccc54)ccc2-3)c1.Cc1cc(C)cc(-c2ccc3c(c2)C(C)(C)c2cc(-n4c5ccccc5c5cc(N(c6ccc(-c7ccccc7)cc6)c6ccc7c(c6)C(C)(C)c6ccccc6-7)ccc54)ccc2-3)c1. The lowest BCUT2D eigenvalue weighted by molar-refractivity contribution is 0.660. The number of para-hydroxylation sites is 3. The van der Waals surface area contributed by atoms with Gasteiger partial charge < -0.3 is 23.4 Å². The molecule has 3 aromatic heterocycles. The smallest absolute Gasteiger partial charge is 0.135 e. The maximum Gasteiger partial charge on any atom is 0.135 e. The van der Waals surface area contributed by atoms with Gasteiger partial charge in [-0.15, -0.1) is 0 Å². The van der Waals surface area contributed by atoms with Gasteiger partial charge in [-0.3, -0.25) is 0 Å². The van der Waals surface area contributed by atoms with Crippen molar-refractivity contribution in [3.8, 4) is 112 Å². The third kappa shape index (κ3) is 13.6. The van der Waals surface area contributed by atoms with Gasteiger partial charge in [-0.05, 0) is 330 Å². The van der Waals surface area contributed by atoms with Gasteiger partial charge in [0.2, 0.25) is 0 Å². The van der Waals surface area contributed by atoms with E-state index in [9.17, 15) is 0 Å². The first kappa shape index (κ1) is 84.9. The van der Waals surface area contributed by atoms with Gasteiger partial charge in [-0.25, -0.2) is 0 Å². The molecular weight excluding hydrogens is 1710 g/mol. The molecule has 4 aliphatic carbocycles. The Bertz CT molecular complexity index is 9100. The van der Waals surface area contributed by atoms with Crippen LogP contribution in [0.4, 0.5) is 34.1 Å². The van der Waals surface area contributed by atoms with Crippen molar-refractivity contribution in [2.24, 2.45) is 0 Å². The summed E-state index contributed by atoms with van der Waals surface area (Å²) in [6.07, 6.45) is 0. The predicted molar refractivity (Wildman–Crippen MR) is 595 cm³/mol. The van der Waals surface area contributed by atoms with E-state index in [0.717, 1.165) is 67.2 Å². The van der Waals surface area contributed by atoms with Gasteiger partial charge in [0.25, 0.3) is 0 Å². The lowest BCUT2D eigenvalue weighted by atomic mass is 9.81. The monoisotopic (exact) mass is 1810 g/mol. The third-order valence-electron chi connectivity index (χ3n) is 31.7. The number of hydrogen-bond donors (Lipinski definition) is 0. The number of rotatable bonds is 13. The van der Waals surface area contributed by atoms with Crippen molar-refractivity contribution in [2.75, 3.05) is 9.80 Å². The van der Waals surface area contributed by atoms with Gasteiger partial charge >= 0.3 is 0 Å². The van der Waals surface area contributed by atoms with E-state index in [-0.39, 0.29) is 21.7 Å². The van der Waals surface area contributed by atoms with Crippen LogP contribution >= 0.6 is 0 Å². The predicted octanol–water partition coefficient (Wildman–Crippen LogP) is 37.2. The van der Waals surface area contributed by atoms with E-state index < -0.39 is 0 Å². The lowest BCUT2D eigenvalue weighted by Crippen LogP contribution is -2.16. The summed E-state index contributed by atoms with van der Waals surface area (Å²) in [6.45, 7) is 27.8. The summed E-state index contributed by atoms with van der Waals surface area (Å²) < 4.78 is 11.1. The molecule has 0 radical (unpaired) electrons. The highest BCUT2D eigenvalue weighted by molar-refractivity contribution is 6.13. The van der Waals surface area contributed by atoms with E-state index in [1.165, 1.54) is 211 Å². The largest absolute Gasteiger partial charge is 0.456 e. The van der Waals surface area contributed by atoms with E-state index >= 15 is 0 Å². The molecular formula is C136H106N4O. The van der Waals surface area contributed by atoms with Crippen LogP contribution in [0.3, 0.4) is 0 Å². The molecule has 0 unspecified atom stereocenters. The van der Waals surface area contributed by atoms with E-state index in [0.29, 0.717) is 0 Å². The van der Waals surface area contributed by atoms with Gasteiger partial charge in [-0.1, -0.05) is 345 Å². The molecule has 5 nitrogen and oxygen atoms in total. The number of fused-ring (bicyclic) bond motifs is 21. The summed E-state index contributed by atoms with van der Waals surface area (Å²) in [7, 11) is 0. The summed E-state index contributed by atoms with van der Waals surface area (Å²) >= 11 is 0. The molecule has 0 saturated carbocycles. The second kappa shape index (κ2) is 32.0. The molecule has 20 aromatic carbocycles. The molecule has 141 heavy (non-hydrogen) atoms. The second-order valence-corrected chi connectivity index (χ2v) is 41.9. The molecule has 0 spiro atoms. The molecule has 0 saturated heterocycles. The minimum atomic E-state index is -0.165. The van der Waals surface area contributed by atoms with Crippen molar-refractivity contribution in [1.29, 1.82) is 0 Å². The molecule has 5 heteroatoms. The third-order valence-corrected chi connectivity index (χ3v) is 31.7. The zero-order valence-electron chi connectivity index (χ0n) is 81.6. The fourth-order valence-electron chi connectivity index (χ4n) is 24.7. The first-order valence-corrected chi connectivity index (χ1v) is 49.7. The highest BCUT2D eigenvalue weighted by Gasteiger charge is 2.41. The Morgan fingerprint density at radius 2 is 0.468 bits per heavy atom. The number of anilines is 6. The molecule has 0 aliphatic heterocycles. The van der Waals surface area contributed by atoms with Gasteiger partial charge in [-0.2, -0.15) is 0 Å². The van der Waals surface area contributed by atoms with Crippen molar-refractivity contribution >= 4 is 99.7 Å². The van der Waals surface area contributed by atoms with Crippen molar-refractivity contribution in [1.82, 2.24) is 9.13 Å². The van der Waals surface area contributed by atoms with Crippen LogP contribution in [0.2, 0.25) is 0 Å². The van der Waals surface area contributed by atoms with Crippen LogP contribution in [-0.2, 0) is 21.7 Å². The van der Waals surface area contributed by atoms with Gasteiger partial charge in [0.05, 0.1) is 22.1 Å². The quantitative estimate of drug-likeness (QED) is 0.115. The number of furan rings is 1. The molecule has 27 rings (SSSR count). The normalized spacial score (nSPS) is 13.9. The first-order valence-electron chi connectivity index (χ1n) is 49.7. The Kier molecular flexibility index (Phi) is 19.3. The summed E-state index contributed by atoms with van der Waals surface area (Å²) in [6, 6.07) is 159. The summed E-state index contributed by atoms with van der Waals surface area (Å²) in [5.41, 5.74) is 54.1. The average Bonchev–Trinajstić information content (AvgIpc) is 1.56. The number of benzene rings is 20. The molecule has 0 bridgehead atoms. The van der Waals surface area contributed by atoms with Gasteiger partial charge in [0.15, 0.2) is 0 Å². The van der Waals surface area contributed by atoms with Crippen LogP contribution in [0.5, 0.6) is 0 Å². The Labute approximate surface area is 824 Å². The summed E-state index contributed by atoms with van der Waals surface area (Å²) in [4.78, 5) is 4.86. The number of aromatic nitrogens is 2. The molecule has 0 atom stereocenters. The minimum absolute atomic E-state index is 0.115. The summed E-state index contributed by atoms with van der Waals surface area (Å²) in [5, 5.41) is 7.23. The molecule has 23 aromatic rings. The van der Waals surface area contributed by atoms with Crippen LogP contribution in [0.1, 0.15) is 122 Å². The van der Waals surface area contributed by atoms with Gasteiger partial charge in [0.1, 0.15) is 11.2 Å². The Morgan fingerprint density at radius 3 is 0.950 bits per heavy atom. The molecule has 0 N–H and O–H groups in total. The average molecular weight is 1810 g/mol. The Hall–Kier alpha value is -16.6. The second-order valence-electron chi connectivity index (χ2n) is 41.9. The van der Waals surface area contributed by atoms with Crippen LogP contribution in [0, 0.1) is 27.7 Å². The fraction of sp³-hybridized carbons (Fsp3) is 0.118. The molecule has 0 amide bonds. The molecule has 676 valence electrons. The standard InChI is InChI=1S/C74H56N2O.C62H50N2/c1-45-37-46(2)39-52(38-45)51-23-32-58-60-34-31-56(44-68(60)74(5,6)66(58)42-51)76-69-17-11-8-14-61(69)63-40-49(24-35-70(63)76)47-19-26-53(27-20-47)75(55-30-33-59-57-13-7-10-16-65(57)73(3,4)67(59)43-55)54-28-21-48(22-29-54)50-25-36-72-64(41-50)62-15-9-12-18-71(62)77-72;1-39-32-40(2)34-44(33-39)43-22-28-50-52-30-26-48(38-58(52)62(5,6)56(50)35-43)64-59-19-13-11-17-53(59)54-36-46(27-31-60(54)64)63(45-23-20-42(21-24-45)41-14-8-7-9-15-41)47-25-29-51-49-16-10-12-18-55(49)61(3,4)57(51)37-47/h7-44H,1-6H3;7-38H,1-6H3. The van der Waals surface area contributed by atoms with Crippen LogP contribution in [0.25, 0.3) is 177 Å². The number of hydrogen-bond acceptors (Lipinski definition) is 3. The van der Waals surface area contributed by atoms with E-state index in [4.69, 9.17) is 4.42 Å². The van der Waals surface area contributed by atoms with Crippen LogP contribution < -0.4 is 9.80 Å². The van der Waals surface area contributed by atoms with E-state index in [2.05, 4.69) is 515 Å². The first-order chi connectivity index (χ1) is 68.5. The minimum Gasteiger partial charge on any atom is -0.456 e. The molecule has 0 fully saturated rings. The molecule has 3 heterocycles. The highest BCUT2D eigenvalue weighted by Crippen LogP contribution is 2.57. The van der Waals surface area contributed by atoms with E-state index in [1.807, 2.05) is 12.1 Å². The maximum absolute atomic E-state index is 6.18. The maximum atomic E-state index is 6.18. The van der Waals surface area contributed by atoms with Crippen LogP contribution in [0.15, 0.2) is 429 Å². The van der Waals surface area contributed by atoms with Crippen molar-refractivity contribution in [3.05, 3.63) is 491 Å². The zero-order chi connectivity index (χ0) is 95.4. The van der Waals surface area contributed by atoms with Gasteiger partial charge in [0, 0.05) is 99.5 Å². The fourth-order valence-corrected chi connectivity index (χ4v) is 24.7. The summed E-state index contributed by atoms with van der Waals surface area (Å²) in [5.74, 6) is 0. The van der Waals surface area contributed by atoms with Crippen molar-refractivity contribution in [3.63, 3.8) is 0 Å². The Morgan fingerprint density at radius 1 is 0.177 bits per heavy atom. The Balaban J connectivity index is 0.000000147. The topological polar surface area (TPSA) is 29.5 Å². The molecule has 4 aliphatic rings. The zero-order valence-corrected chi connectivity index (χ0v) is 81.6. The van der Waals surface area contributed by atoms with E-state index in [1.54, 1.807) is 0 Å². The number of aryl methyl sites for hydroxylation is 4. The number of nitrogens with zero attached hydrogens (tertiary/aromatic N) is 4. The van der Waals surface area contributed by atoms with Crippen LogP contribution in [-0.4, -0.2) is 9.13 Å².